The van der Waals surface area contributed by atoms with Gasteiger partial charge in [-0.1, -0.05) is 91.0 Å². The largest absolute Gasteiger partial charge is 0.485 e. The van der Waals surface area contributed by atoms with Crippen molar-refractivity contribution in [2.45, 2.75) is 37.1 Å². The molecule has 0 radical (unpaired) electrons. The molecule has 1 atom stereocenters. The molecular weight excluding hydrogens is 669 g/mol. The first-order valence-corrected chi connectivity index (χ1v) is 19.3. The minimum Gasteiger partial charge on any atom is -0.485 e. The minimum absolute atomic E-state index is 0.231. The van der Waals surface area contributed by atoms with Gasteiger partial charge >= 0.3 is 0 Å². The molecule has 0 saturated carbocycles. The van der Waals surface area contributed by atoms with Crippen molar-refractivity contribution in [3.05, 3.63) is 162 Å². The smallest absolute Gasteiger partial charge is 0.244 e. The molecular formula is C43H42N4O4S. The molecule has 0 amide bonds. The van der Waals surface area contributed by atoms with E-state index in [1.54, 1.807) is 34.9 Å². The van der Waals surface area contributed by atoms with Gasteiger partial charge in [-0.3, -0.25) is 9.88 Å². The van der Waals surface area contributed by atoms with Gasteiger partial charge in [-0.2, -0.15) is 4.31 Å². The average molecular weight is 711 g/mol. The highest BCUT2D eigenvalue weighted by Gasteiger charge is 2.38. The lowest BCUT2D eigenvalue weighted by atomic mass is 9.94. The standard InChI is InChI=1S/C43H42N4O4S/c48-52(49,43-18-10-15-35-28-44-20-19-40(35)43)47-29-37-27-42(51-32-34-13-6-2-7-14-34)41(50-31-33-11-4-1-5-12-33)26-36(37)25-39(47)30-45-21-23-46(24-22-45)38-16-8-3-9-17-38/h1-20,26-28,39H,21-25,29-32H2. The molecule has 2 aliphatic heterocycles. The van der Waals surface area contributed by atoms with Gasteiger partial charge in [0.15, 0.2) is 11.5 Å². The monoisotopic (exact) mass is 710 g/mol. The predicted octanol–water partition coefficient (Wildman–Crippen LogP) is 7.33. The van der Waals surface area contributed by atoms with Gasteiger partial charge in [-0.25, -0.2) is 8.42 Å². The number of para-hydroxylation sites is 1. The maximum atomic E-state index is 14.8. The van der Waals surface area contributed by atoms with Gasteiger partial charge in [0, 0.05) is 74.2 Å². The molecule has 0 bridgehead atoms. The van der Waals surface area contributed by atoms with E-state index >= 15 is 0 Å². The molecule has 3 heterocycles. The second-order valence-electron chi connectivity index (χ2n) is 13.5. The summed E-state index contributed by atoms with van der Waals surface area (Å²) in [6.45, 7) is 5.09. The van der Waals surface area contributed by atoms with Crippen LogP contribution in [0.3, 0.4) is 0 Å². The van der Waals surface area contributed by atoms with Crippen LogP contribution in [0.25, 0.3) is 10.8 Å². The lowest BCUT2D eigenvalue weighted by Crippen LogP contribution is -2.54. The quantitative estimate of drug-likeness (QED) is 0.139. The molecule has 0 aliphatic carbocycles. The Hall–Kier alpha value is -5.22. The third kappa shape index (κ3) is 7.39. The van der Waals surface area contributed by atoms with E-state index in [1.165, 1.54) is 5.69 Å². The fourth-order valence-electron chi connectivity index (χ4n) is 7.34. The zero-order valence-corrected chi connectivity index (χ0v) is 29.9. The van der Waals surface area contributed by atoms with Gasteiger partial charge in [-0.15, -0.1) is 0 Å². The van der Waals surface area contributed by atoms with Crippen LogP contribution < -0.4 is 14.4 Å². The highest BCUT2D eigenvalue weighted by atomic mass is 32.2. The SMILES string of the molecule is O=S(=O)(c1cccc2cnccc12)N1Cc2cc(OCc3ccccc3)c(OCc3ccccc3)cc2CC1CN1CCN(c2ccccc2)CC1. The van der Waals surface area contributed by atoms with Crippen molar-refractivity contribution in [3.8, 4) is 11.5 Å². The topological polar surface area (TPSA) is 75.2 Å². The summed E-state index contributed by atoms with van der Waals surface area (Å²) >= 11 is 0. The van der Waals surface area contributed by atoms with E-state index in [4.69, 9.17) is 9.47 Å². The fourth-order valence-corrected chi connectivity index (χ4v) is 9.15. The summed E-state index contributed by atoms with van der Waals surface area (Å²) in [4.78, 5) is 9.36. The maximum absolute atomic E-state index is 14.8. The average Bonchev–Trinajstić information content (AvgIpc) is 3.20. The molecule has 1 aromatic heterocycles. The van der Waals surface area contributed by atoms with E-state index in [0.29, 0.717) is 48.0 Å². The molecule has 0 N–H and O–H groups in total. The first-order valence-electron chi connectivity index (χ1n) is 17.9. The van der Waals surface area contributed by atoms with Crippen molar-refractivity contribution >= 4 is 26.5 Å². The van der Waals surface area contributed by atoms with Crippen molar-refractivity contribution in [2.75, 3.05) is 37.6 Å². The number of pyridine rings is 1. The van der Waals surface area contributed by atoms with Gasteiger partial charge in [0.05, 0.1) is 4.90 Å². The van der Waals surface area contributed by atoms with Gasteiger partial charge in [0.2, 0.25) is 10.0 Å². The number of rotatable bonds is 11. The molecule has 0 spiro atoms. The Balaban J connectivity index is 1.13. The van der Waals surface area contributed by atoms with Gasteiger partial charge in [0.1, 0.15) is 13.2 Å². The number of hydrogen-bond donors (Lipinski definition) is 0. The Labute approximate surface area is 305 Å². The predicted molar refractivity (Wildman–Crippen MR) is 205 cm³/mol. The fraction of sp³-hybridized carbons (Fsp3) is 0.233. The second kappa shape index (κ2) is 15.2. The van der Waals surface area contributed by atoms with E-state index in [-0.39, 0.29) is 12.6 Å². The van der Waals surface area contributed by atoms with Crippen LogP contribution in [0, 0.1) is 0 Å². The van der Waals surface area contributed by atoms with Crippen LogP contribution in [0.5, 0.6) is 11.5 Å². The minimum atomic E-state index is -3.91. The third-order valence-corrected chi connectivity index (χ3v) is 12.1. The summed E-state index contributed by atoms with van der Waals surface area (Å²) in [6.07, 6.45) is 3.93. The highest BCUT2D eigenvalue weighted by molar-refractivity contribution is 7.89. The molecule has 8 rings (SSSR count). The molecule has 264 valence electrons. The lowest BCUT2D eigenvalue weighted by Gasteiger charge is -2.42. The molecule has 1 saturated heterocycles. The zero-order chi connectivity index (χ0) is 35.3. The van der Waals surface area contributed by atoms with Crippen molar-refractivity contribution in [1.82, 2.24) is 14.2 Å². The number of anilines is 1. The van der Waals surface area contributed by atoms with Crippen LogP contribution in [-0.2, 0) is 36.2 Å². The Kier molecular flexibility index (Phi) is 9.89. The van der Waals surface area contributed by atoms with Crippen LogP contribution in [-0.4, -0.2) is 61.4 Å². The van der Waals surface area contributed by atoms with Crippen LogP contribution in [0.2, 0.25) is 0 Å². The summed E-state index contributed by atoms with van der Waals surface area (Å²) in [7, 11) is -3.91. The van der Waals surface area contributed by atoms with Gasteiger partial charge < -0.3 is 14.4 Å². The summed E-state index contributed by atoms with van der Waals surface area (Å²) in [6, 6.07) is 41.6. The number of sulfonamides is 1. The van der Waals surface area contributed by atoms with Gasteiger partial charge in [0.25, 0.3) is 0 Å². The molecule has 9 heteroatoms. The van der Waals surface area contributed by atoms with E-state index in [9.17, 15) is 8.42 Å². The van der Waals surface area contributed by atoms with E-state index < -0.39 is 10.0 Å². The Bertz CT molecular complexity index is 2220. The normalized spacial score (nSPS) is 16.8. The maximum Gasteiger partial charge on any atom is 0.244 e. The van der Waals surface area contributed by atoms with Crippen molar-refractivity contribution in [2.24, 2.45) is 0 Å². The highest BCUT2D eigenvalue weighted by Crippen LogP contribution is 2.39. The Morgan fingerprint density at radius 1 is 0.673 bits per heavy atom. The Morgan fingerprint density at radius 3 is 1.94 bits per heavy atom. The summed E-state index contributed by atoms with van der Waals surface area (Å²) in [5, 5.41) is 1.47. The van der Waals surface area contributed by atoms with Crippen LogP contribution >= 0.6 is 0 Å². The second-order valence-corrected chi connectivity index (χ2v) is 15.4. The number of fused-ring (bicyclic) bond motifs is 2. The van der Waals surface area contributed by atoms with E-state index in [2.05, 4.69) is 45.1 Å². The molecule has 1 unspecified atom stereocenters. The first kappa shape index (κ1) is 33.9. The number of ether oxygens (including phenoxy) is 2. The molecule has 6 aromatic rings. The van der Waals surface area contributed by atoms with E-state index in [1.807, 2.05) is 78.9 Å². The van der Waals surface area contributed by atoms with Crippen molar-refractivity contribution in [3.63, 3.8) is 0 Å². The molecule has 5 aromatic carbocycles. The Morgan fingerprint density at radius 2 is 1.29 bits per heavy atom. The molecule has 1 fully saturated rings. The number of aromatic nitrogens is 1. The van der Waals surface area contributed by atoms with Crippen LogP contribution in [0.15, 0.2) is 145 Å². The third-order valence-electron chi connectivity index (χ3n) is 10.1. The lowest BCUT2D eigenvalue weighted by molar-refractivity contribution is 0.178. The number of benzene rings is 5. The van der Waals surface area contributed by atoms with Crippen molar-refractivity contribution < 1.29 is 17.9 Å². The van der Waals surface area contributed by atoms with Crippen LogP contribution in [0.1, 0.15) is 22.3 Å². The molecule has 8 nitrogen and oxygen atoms in total. The van der Waals surface area contributed by atoms with E-state index in [0.717, 1.165) is 53.8 Å². The first-order chi connectivity index (χ1) is 25.5. The molecule has 52 heavy (non-hydrogen) atoms. The number of nitrogens with zero attached hydrogens (tertiary/aromatic N) is 4. The summed E-state index contributed by atoms with van der Waals surface area (Å²) < 4.78 is 44.3. The summed E-state index contributed by atoms with van der Waals surface area (Å²) in [5.74, 6) is 1.26. The zero-order valence-electron chi connectivity index (χ0n) is 29.1. The number of hydrogen-bond acceptors (Lipinski definition) is 7. The van der Waals surface area contributed by atoms with Crippen molar-refractivity contribution in [1.29, 1.82) is 0 Å². The van der Waals surface area contributed by atoms with Crippen LogP contribution in [0.4, 0.5) is 5.69 Å². The molecule has 2 aliphatic rings. The number of piperazine rings is 1. The summed E-state index contributed by atoms with van der Waals surface area (Å²) in [5.41, 5.74) is 5.32. The van der Waals surface area contributed by atoms with Gasteiger partial charge in [-0.05, 0) is 65.1 Å².